The maximum absolute atomic E-state index is 6.46. The molecule has 0 saturated carbocycles. The molecule has 1 aromatic carbocycles. The van der Waals surface area contributed by atoms with E-state index in [1.807, 2.05) is 12.1 Å². The average molecular weight is 314 g/mol. The number of nitrogens with two attached hydrogens (primary N) is 1. The number of rotatable bonds is 6. The van der Waals surface area contributed by atoms with Gasteiger partial charge in [0, 0.05) is 19.6 Å². The van der Waals surface area contributed by atoms with Crippen LogP contribution in [-0.2, 0) is 0 Å². The summed E-state index contributed by atoms with van der Waals surface area (Å²) in [6.07, 6.45) is 3.72. The zero-order chi connectivity index (χ0) is 15.2. The summed E-state index contributed by atoms with van der Waals surface area (Å²) in [4.78, 5) is 0. The maximum Gasteiger partial charge on any atom is 0.179 e. The minimum Gasteiger partial charge on any atom is -0.493 e. The van der Waals surface area contributed by atoms with Gasteiger partial charge in [0.25, 0.3) is 0 Å². The molecule has 0 amide bonds. The SMILES string of the molecule is COc1ccc(C(CN)NN2CCCCC2)c(Cl)c1OC. The van der Waals surface area contributed by atoms with E-state index in [2.05, 4.69) is 10.4 Å². The van der Waals surface area contributed by atoms with E-state index in [0.29, 0.717) is 23.1 Å². The Morgan fingerprint density at radius 3 is 2.52 bits per heavy atom. The number of hydrazine groups is 1. The smallest absolute Gasteiger partial charge is 0.179 e. The fourth-order valence-electron chi connectivity index (χ4n) is 2.67. The summed E-state index contributed by atoms with van der Waals surface area (Å²) in [6.45, 7) is 2.55. The van der Waals surface area contributed by atoms with Crippen molar-refractivity contribution < 1.29 is 9.47 Å². The van der Waals surface area contributed by atoms with Crippen molar-refractivity contribution in [1.82, 2.24) is 10.4 Å². The lowest BCUT2D eigenvalue weighted by atomic mass is 10.1. The molecule has 1 heterocycles. The van der Waals surface area contributed by atoms with Crippen LogP contribution in [0, 0.1) is 0 Å². The molecule has 2 rings (SSSR count). The molecule has 21 heavy (non-hydrogen) atoms. The van der Waals surface area contributed by atoms with Gasteiger partial charge in [-0.3, -0.25) is 0 Å². The van der Waals surface area contributed by atoms with Crippen LogP contribution in [-0.4, -0.2) is 38.9 Å². The minimum atomic E-state index is -0.0320. The van der Waals surface area contributed by atoms with Crippen LogP contribution in [0.1, 0.15) is 30.9 Å². The molecule has 0 radical (unpaired) electrons. The molecule has 5 nitrogen and oxygen atoms in total. The van der Waals surface area contributed by atoms with Crippen LogP contribution in [0.2, 0.25) is 5.02 Å². The van der Waals surface area contributed by atoms with Gasteiger partial charge in [0.15, 0.2) is 11.5 Å². The highest BCUT2D eigenvalue weighted by Crippen LogP contribution is 2.39. The predicted octanol–water partition coefficient (Wildman–Crippen LogP) is 2.35. The summed E-state index contributed by atoms with van der Waals surface area (Å²) in [5.74, 6) is 1.18. The molecule has 1 unspecified atom stereocenters. The highest BCUT2D eigenvalue weighted by atomic mass is 35.5. The van der Waals surface area contributed by atoms with Gasteiger partial charge in [0.2, 0.25) is 0 Å². The number of methoxy groups -OCH3 is 2. The van der Waals surface area contributed by atoms with Crippen LogP contribution in [0.25, 0.3) is 0 Å². The monoisotopic (exact) mass is 313 g/mol. The predicted molar refractivity (Wildman–Crippen MR) is 84.9 cm³/mol. The Kier molecular flexibility index (Phi) is 6.11. The molecule has 0 aromatic heterocycles. The fraction of sp³-hybridized carbons (Fsp3) is 0.600. The summed E-state index contributed by atoms with van der Waals surface area (Å²) in [5.41, 5.74) is 10.3. The average Bonchev–Trinajstić information content (AvgIpc) is 2.53. The Bertz CT molecular complexity index is 464. The Labute approximate surface area is 131 Å². The van der Waals surface area contributed by atoms with E-state index >= 15 is 0 Å². The lowest BCUT2D eigenvalue weighted by molar-refractivity contribution is 0.130. The zero-order valence-corrected chi connectivity index (χ0v) is 13.4. The number of piperidine rings is 1. The molecule has 1 atom stereocenters. The maximum atomic E-state index is 6.46. The molecule has 1 aliphatic rings. The number of hydrogen-bond donors (Lipinski definition) is 2. The van der Waals surface area contributed by atoms with Crippen molar-refractivity contribution in [3.63, 3.8) is 0 Å². The first-order valence-corrected chi connectivity index (χ1v) is 7.70. The van der Waals surface area contributed by atoms with Gasteiger partial charge in [-0.15, -0.1) is 0 Å². The van der Waals surface area contributed by atoms with E-state index in [4.69, 9.17) is 26.8 Å². The largest absolute Gasteiger partial charge is 0.493 e. The standard InChI is InChI=1S/C15H24ClN3O2/c1-20-13-7-6-11(14(16)15(13)21-2)12(10-17)18-19-8-4-3-5-9-19/h6-7,12,18H,3-5,8-10,17H2,1-2H3. The van der Waals surface area contributed by atoms with Gasteiger partial charge in [-0.2, -0.15) is 0 Å². The van der Waals surface area contributed by atoms with Crippen molar-refractivity contribution in [2.75, 3.05) is 33.9 Å². The van der Waals surface area contributed by atoms with Crippen LogP contribution < -0.4 is 20.6 Å². The minimum absolute atomic E-state index is 0.0320. The first-order valence-electron chi connectivity index (χ1n) is 7.32. The second-order valence-corrected chi connectivity index (χ2v) is 5.55. The van der Waals surface area contributed by atoms with E-state index < -0.39 is 0 Å². The zero-order valence-electron chi connectivity index (χ0n) is 12.7. The second kappa shape index (κ2) is 7.84. The summed E-state index contributed by atoms with van der Waals surface area (Å²) < 4.78 is 10.6. The van der Waals surface area contributed by atoms with Crippen LogP contribution in [0.3, 0.4) is 0 Å². The molecule has 118 valence electrons. The third kappa shape index (κ3) is 3.80. The number of hydrogen-bond acceptors (Lipinski definition) is 5. The Balaban J connectivity index is 2.20. The Morgan fingerprint density at radius 1 is 1.24 bits per heavy atom. The van der Waals surface area contributed by atoms with Crippen LogP contribution in [0.5, 0.6) is 11.5 Å². The highest BCUT2D eigenvalue weighted by Gasteiger charge is 2.21. The number of benzene rings is 1. The molecule has 0 spiro atoms. The second-order valence-electron chi connectivity index (χ2n) is 5.17. The third-order valence-electron chi connectivity index (χ3n) is 3.82. The quantitative estimate of drug-likeness (QED) is 0.844. The van der Waals surface area contributed by atoms with E-state index in [1.165, 1.54) is 19.3 Å². The van der Waals surface area contributed by atoms with Crippen molar-refractivity contribution in [1.29, 1.82) is 0 Å². The lowest BCUT2D eigenvalue weighted by Crippen LogP contribution is -2.45. The van der Waals surface area contributed by atoms with E-state index in [9.17, 15) is 0 Å². The van der Waals surface area contributed by atoms with Gasteiger partial charge in [0.05, 0.1) is 25.3 Å². The number of nitrogens with one attached hydrogen (secondary N) is 1. The molecular formula is C15H24ClN3O2. The van der Waals surface area contributed by atoms with Gasteiger partial charge >= 0.3 is 0 Å². The molecule has 6 heteroatoms. The van der Waals surface area contributed by atoms with Gasteiger partial charge < -0.3 is 15.2 Å². The van der Waals surface area contributed by atoms with Crippen molar-refractivity contribution >= 4 is 11.6 Å². The molecule has 1 saturated heterocycles. The van der Waals surface area contributed by atoms with Crippen LogP contribution in [0.15, 0.2) is 12.1 Å². The molecule has 1 aromatic rings. The number of halogens is 1. The first kappa shape index (κ1) is 16.4. The fourth-order valence-corrected chi connectivity index (χ4v) is 3.03. The molecule has 3 N–H and O–H groups in total. The van der Waals surface area contributed by atoms with Crippen molar-refractivity contribution in [2.45, 2.75) is 25.3 Å². The van der Waals surface area contributed by atoms with E-state index in [-0.39, 0.29) is 6.04 Å². The summed E-state index contributed by atoms with van der Waals surface area (Å²) >= 11 is 6.46. The first-order chi connectivity index (χ1) is 10.2. The highest BCUT2D eigenvalue weighted by molar-refractivity contribution is 6.33. The Hall–Kier alpha value is -1.01. The Morgan fingerprint density at radius 2 is 1.95 bits per heavy atom. The van der Waals surface area contributed by atoms with Crippen molar-refractivity contribution in [2.24, 2.45) is 5.73 Å². The van der Waals surface area contributed by atoms with Gasteiger partial charge in [0.1, 0.15) is 0 Å². The molecular weight excluding hydrogens is 290 g/mol. The van der Waals surface area contributed by atoms with Gasteiger partial charge in [-0.1, -0.05) is 24.1 Å². The van der Waals surface area contributed by atoms with Gasteiger partial charge in [-0.25, -0.2) is 10.4 Å². The molecule has 0 bridgehead atoms. The molecule has 1 fully saturated rings. The number of ether oxygens (including phenoxy) is 2. The molecule has 1 aliphatic heterocycles. The van der Waals surface area contributed by atoms with Gasteiger partial charge in [-0.05, 0) is 24.5 Å². The van der Waals surface area contributed by atoms with Crippen molar-refractivity contribution in [3.8, 4) is 11.5 Å². The number of nitrogens with zero attached hydrogens (tertiary/aromatic N) is 1. The van der Waals surface area contributed by atoms with Crippen LogP contribution >= 0.6 is 11.6 Å². The molecule has 0 aliphatic carbocycles. The van der Waals surface area contributed by atoms with E-state index in [0.717, 1.165) is 18.7 Å². The topological polar surface area (TPSA) is 59.8 Å². The normalized spacial score (nSPS) is 17.5. The third-order valence-corrected chi connectivity index (χ3v) is 4.21. The van der Waals surface area contributed by atoms with E-state index in [1.54, 1.807) is 14.2 Å². The summed E-state index contributed by atoms with van der Waals surface area (Å²) in [6, 6.07) is 3.77. The van der Waals surface area contributed by atoms with Crippen molar-refractivity contribution in [3.05, 3.63) is 22.7 Å². The summed E-state index contributed by atoms with van der Waals surface area (Å²) in [7, 11) is 3.18. The van der Waals surface area contributed by atoms with Crippen LogP contribution in [0.4, 0.5) is 0 Å². The lowest BCUT2D eigenvalue weighted by Gasteiger charge is -2.32. The summed E-state index contributed by atoms with van der Waals surface area (Å²) in [5, 5.41) is 2.78.